The molecule has 0 heterocycles. The fraction of sp³-hybridized carbons (Fsp3) is 0.364. The van der Waals surface area contributed by atoms with Crippen LogP contribution in [0.2, 0.25) is 0 Å². The molecule has 1 aromatic rings. The maximum absolute atomic E-state index is 13.2. The topological polar surface area (TPSA) is 55.1 Å². The van der Waals surface area contributed by atoms with Gasteiger partial charge in [0.25, 0.3) is 0 Å². The van der Waals surface area contributed by atoms with E-state index in [4.69, 9.17) is 5.73 Å². The summed E-state index contributed by atoms with van der Waals surface area (Å²) in [5, 5.41) is 2.49. The standard InChI is InChI=1S/C11H13F3N2O/c12-8-2-1-7(10(13)11(8)14)4-6-16-9(17)3-5-15/h1-2H,3-6,15H2,(H,16,17). The normalized spacial score (nSPS) is 10.4. The Labute approximate surface area is 96.8 Å². The van der Waals surface area contributed by atoms with Crippen molar-refractivity contribution in [3.8, 4) is 0 Å². The molecule has 0 aliphatic carbocycles. The molecule has 1 aromatic carbocycles. The van der Waals surface area contributed by atoms with E-state index in [1.54, 1.807) is 0 Å². The number of nitrogens with one attached hydrogen (secondary N) is 1. The number of carbonyl (C=O) groups excluding carboxylic acids is 1. The molecule has 1 rings (SSSR count). The molecule has 0 saturated heterocycles. The van der Waals surface area contributed by atoms with Gasteiger partial charge in [0.2, 0.25) is 5.91 Å². The number of benzene rings is 1. The molecule has 0 bridgehead atoms. The van der Waals surface area contributed by atoms with Crippen LogP contribution in [0.4, 0.5) is 13.2 Å². The van der Waals surface area contributed by atoms with E-state index in [-0.39, 0.29) is 37.4 Å². The second kappa shape index (κ2) is 6.24. The Balaban J connectivity index is 2.53. The summed E-state index contributed by atoms with van der Waals surface area (Å²) in [4.78, 5) is 11.0. The highest BCUT2D eigenvalue weighted by molar-refractivity contribution is 5.75. The summed E-state index contributed by atoms with van der Waals surface area (Å²) in [5.41, 5.74) is 5.19. The number of amides is 1. The van der Waals surface area contributed by atoms with Crippen LogP contribution in [0, 0.1) is 17.5 Å². The summed E-state index contributed by atoms with van der Waals surface area (Å²) in [6, 6.07) is 2.01. The van der Waals surface area contributed by atoms with Gasteiger partial charge in [0, 0.05) is 19.5 Å². The minimum Gasteiger partial charge on any atom is -0.356 e. The average molecular weight is 246 g/mol. The van der Waals surface area contributed by atoms with Crippen molar-refractivity contribution in [2.45, 2.75) is 12.8 Å². The zero-order chi connectivity index (χ0) is 12.8. The maximum atomic E-state index is 13.2. The third-order valence-electron chi connectivity index (χ3n) is 2.20. The summed E-state index contributed by atoms with van der Waals surface area (Å²) in [6.45, 7) is 0.381. The lowest BCUT2D eigenvalue weighted by Crippen LogP contribution is -2.27. The molecule has 0 aliphatic rings. The van der Waals surface area contributed by atoms with Gasteiger partial charge >= 0.3 is 0 Å². The Morgan fingerprint density at radius 2 is 1.94 bits per heavy atom. The van der Waals surface area contributed by atoms with Crippen molar-refractivity contribution in [2.24, 2.45) is 5.73 Å². The zero-order valence-corrected chi connectivity index (χ0v) is 9.10. The van der Waals surface area contributed by atoms with E-state index in [1.807, 2.05) is 0 Å². The van der Waals surface area contributed by atoms with Gasteiger partial charge in [-0.2, -0.15) is 0 Å². The van der Waals surface area contributed by atoms with E-state index in [0.717, 1.165) is 12.1 Å². The average Bonchev–Trinajstić information content (AvgIpc) is 2.29. The number of carbonyl (C=O) groups is 1. The molecule has 0 unspecified atom stereocenters. The minimum atomic E-state index is -1.49. The lowest BCUT2D eigenvalue weighted by molar-refractivity contribution is -0.120. The molecule has 6 heteroatoms. The van der Waals surface area contributed by atoms with Gasteiger partial charge < -0.3 is 11.1 Å². The lowest BCUT2D eigenvalue weighted by Gasteiger charge is -2.06. The molecule has 0 atom stereocenters. The smallest absolute Gasteiger partial charge is 0.221 e. The molecule has 0 spiro atoms. The summed E-state index contributed by atoms with van der Waals surface area (Å²) >= 11 is 0. The number of rotatable bonds is 5. The van der Waals surface area contributed by atoms with Gasteiger partial charge in [-0.15, -0.1) is 0 Å². The SMILES string of the molecule is NCCC(=O)NCCc1ccc(F)c(F)c1F. The molecule has 0 aliphatic heterocycles. The predicted octanol–water partition coefficient (Wildman–Crippen LogP) is 1.11. The molecule has 0 fully saturated rings. The number of hydrogen-bond acceptors (Lipinski definition) is 2. The van der Waals surface area contributed by atoms with Gasteiger partial charge in [-0.25, -0.2) is 13.2 Å². The molecule has 0 radical (unpaired) electrons. The van der Waals surface area contributed by atoms with E-state index >= 15 is 0 Å². The van der Waals surface area contributed by atoms with Crippen molar-refractivity contribution >= 4 is 5.91 Å². The van der Waals surface area contributed by atoms with Crippen LogP contribution in [-0.2, 0) is 11.2 Å². The van der Waals surface area contributed by atoms with Gasteiger partial charge in [-0.3, -0.25) is 4.79 Å². The van der Waals surface area contributed by atoms with Crippen molar-refractivity contribution in [1.82, 2.24) is 5.32 Å². The van der Waals surface area contributed by atoms with E-state index in [9.17, 15) is 18.0 Å². The highest BCUT2D eigenvalue weighted by Gasteiger charge is 2.12. The zero-order valence-electron chi connectivity index (χ0n) is 9.10. The Morgan fingerprint density at radius 3 is 2.59 bits per heavy atom. The van der Waals surface area contributed by atoms with Crippen LogP contribution < -0.4 is 11.1 Å². The summed E-state index contributed by atoms with van der Waals surface area (Å²) in [6.07, 6.45) is 0.277. The molecule has 3 N–H and O–H groups in total. The number of nitrogens with two attached hydrogens (primary N) is 1. The van der Waals surface area contributed by atoms with Crippen LogP contribution in [0.25, 0.3) is 0 Å². The van der Waals surface area contributed by atoms with Gasteiger partial charge in [-0.1, -0.05) is 6.07 Å². The van der Waals surface area contributed by atoms with Crippen LogP contribution in [0.15, 0.2) is 12.1 Å². The molecule has 3 nitrogen and oxygen atoms in total. The van der Waals surface area contributed by atoms with Gasteiger partial charge in [0.1, 0.15) is 0 Å². The first kappa shape index (κ1) is 13.5. The van der Waals surface area contributed by atoms with Crippen molar-refractivity contribution in [3.63, 3.8) is 0 Å². The molecule has 0 aromatic heterocycles. The highest BCUT2D eigenvalue weighted by atomic mass is 19.2. The van der Waals surface area contributed by atoms with E-state index in [2.05, 4.69) is 5.32 Å². The third-order valence-corrected chi connectivity index (χ3v) is 2.20. The molecule has 1 amide bonds. The summed E-state index contributed by atoms with van der Waals surface area (Å²) in [5.74, 6) is -4.18. The van der Waals surface area contributed by atoms with Crippen molar-refractivity contribution in [2.75, 3.05) is 13.1 Å². The first-order valence-electron chi connectivity index (χ1n) is 5.15. The molecule has 94 valence electrons. The second-order valence-corrected chi connectivity index (χ2v) is 3.47. The van der Waals surface area contributed by atoms with Crippen molar-refractivity contribution in [3.05, 3.63) is 35.1 Å². The molecular formula is C11H13F3N2O. The molecular weight excluding hydrogens is 233 g/mol. The Hall–Kier alpha value is -1.56. The van der Waals surface area contributed by atoms with Crippen LogP contribution in [0.3, 0.4) is 0 Å². The Kier molecular flexibility index (Phi) is 4.96. The van der Waals surface area contributed by atoms with Crippen LogP contribution >= 0.6 is 0 Å². The van der Waals surface area contributed by atoms with Gasteiger partial charge in [0.05, 0.1) is 0 Å². The highest BCUT2D eigenvalue weighted by Crippen LogP contribution is 2.15. The largest absolute Gasteiger partial charge is 0.356 e. The van der Waals surface area contributed by atoms with Crippen molar-refractivity contribution in [1.29, 1.82) is 0 Å². The lowest BCUT2D eigenvalue weighted by atomic mass is 10.1. The fourth-order valence-corrected chi connectivity index (χ4v) is 1.32. The predicted molar refractivity (Wildman–Crippen MR) is 56.7 cm³/mol. The molecule has 17 heavy (non-hydrogen) atoms. The second-order valence-electron chi connectivity index (χ2n) is 3.47. The van der Waals surface area contributed by atoms with Crippen LogP contribution in [-0.4, -0.2) is 19.0 Å². The number of halogens is 3. The Morgan fingerprint density at radius 1 is 1.24 bits per heavy atom. The quantitative estimate of drug-likeness (QED) is 0.765. The van der Waals surface area contributed by atoms with Crippen LogP contribution in [0.1, 0.15) is 12.0 Å². The monoisotopic (exact) mass is 246 g/mol. The maximum Gasteiger partial charge on any atom is 0.221 e. The van der Waals surface area contributed by atoms with Gasteiger partial charge in [-0.05, 0) is 18.1 Å². The van der Waals surface area contributed by atoms with E-state index in [1.165, 1.54) is 0 Å². The third kappa shape index (κ3) is 3.74. The first-order chi connectivity index (χ1) is 8.06. The number of hydrogen-bond donors (Lipinski definition) is 2. The van der Waals surface area contributed by atoms with Crippen molar-refractivity contribution < 1.29 is 18.0 Å². The minimum absolute atomic E-state index is 0.0250. The van der Waals surface area contributed by atoms with E-state index < -0.39 is 17.5 Å². The van der Waals surface area contributed by atoms with Gasteiger partial charge in [0.15, 0.2) is 17.5 Å². The van der Waals surface area contributed by atoms with Crippen LogP contribution in [0.5, 0.6) is 0 Å². The first-order valence-corrected chi connectivity index (χ1v) is 5.15. The van der Waals surface area contributed by atoms with E-state index in [0.29, 0.717) is 0 Å². The summed E-state index contributed by atoms with van der Waals surface area (Å²) in [7, 11) is 0. The molecule has 0 saturated carbocycles. The fourth-order valence-electron chi connectivity index (χ4n) is 1.32. The Bertz CT molecular complexity index is 410. The summed E-state index contributed by atoms with van der Waals surface area (Å²) < 4.78 is 38.6.